The number of amides is 2. The van der Waals surface area contributed by atoms with Gasteiger partial charge < -0.3 is 19.7 Å². The molecule has 1 saturated heterocycles. The Morgan fingerprint density at radius 1 is 1.00 bits per heavy atom. The molecule has 1 aliphatic heterocycles. The Hall–Kier alpha value is -3.81. The molecule has 1 aromatic heterocycles. The van der Waals surface area contributed by atoms with E-state index < -0.39 is 0 Å². The molecule has 0 aliphatic carbocycles. The maximum atomic E-state index is 13.0. The van der Waals surface area contributed by atoms with Gasteiger partial charge in [0.05, 0.1) is 19.9 Å². The van der Waals surface area contributed by atoms with E-state index in [9.17, 15) is 9.59 Å². The number of piperidine rings is 1. The minimum absolute atomic E-state index is 0.0298. The van der Waals surface area contributed by atoms with Gasteiger partial charge in [-0.05, 0) is 49.2 Å². The first kappa shape index (κ1) is 21.4. The van der Waals surface area contributed by atoms with Crippen molar-refractivity contribution in [2.45, 2.75) is 12.8 Å². The average Bonchev–Trinajstić information content (AvgIpc) is 3.38. The number of ether oxygens (including phenoxy) is 2. The number of carbonyl (C=O) groups excluding carboxylic acids is 2. The van der Waals surface area contributed by atoms with E-state index in [1.54, 1.807) is 48.2 Å². The molecule has 0 radical (unpaired) electrons. The summed E-state index contributed by atoms with van der Waals surface area (Å²) in [6, 6.07) is 14.6. The van der Waals surface area contributed by atoms with Crippen LogP contribution in [-0.2, 0) is 4.79 Å². The Morgan fingerprint density at radius 3 is 2.34 bits per heavy atom. The van der Waals surface area contributed by atoms with Crippen molar-refractivity contribution in [3.63, 3.8) is 0 Å². The molecule has 1 fully saturated rings. The maximum absolute atomic E-state index is 13.0. The number of aromatic nitrogens is 2. The fraction of sp³-hybridized carbons (Fsp3) is 0.292. The van der Waals surface area contributed by atoms with Crippen molar-refractivity contribution < 1.29 is 19.1 Å². The highest BCUT2D eigenvalue weighted by molar-refractivity contribution is 5.96. The second-order valence-electron chi connectivity index (χ2n) is 7.66. The van der Waals surface area contributed by atoms with E-state index in [0.717, 1.165) is 11.4 Å². The van der Waals surface area contributed by atoms with Crippen LogP contribution in [0.2, 0.25) is 0 Å². The minimum atomic E-state index is -0.146. The van der Waals surface area contributed by atoms with Crippen molar-refractivity contribution in [3.05, 3.63) is 66.5 Å². The van der Waals surface area contributed by atoms with Gasteiger partial charge in [0.2, 0.25) is 5.91 Å². The standard InChI is InChI=1S/C24H26N4O4/c1-31-21-13-18(14-22(16-21)32-2)24(30)27-11-7-17(8-12-27)23(29)26-19-5-3-6-20(15-19)28-10-4-9-25-28/h3-6,9-10,13-17H,7-8,11-12H2,1-2H3,(H,26,29). The highest BCUT2D eigenvalue weighted by atomic mass is 16.5. The first-order chi connectivity index (χ1) is 15.6. The summed E-state index contributed by atoms with van der Waals surface area (Å²) < 4.78 is 12.3. The second-order valence-corrected chi connectivity index (χ2v) is 7.66. The number of likely N-dealkylation sites (tertiary alicyclic amines) is 1. The van der Waals surface area contributed by atoms with Crippen LogP contribution in [0, 0.1) is 5.92 Å². The van der Waals surface area contributed by atoms with Gasteiger partial charge in [-0.1, -0.05) is 6.07 Å². The number of anilines is 1. The summed E-state index contributed by atoms with van der Waals surface area (Å²) in [7, 11) is 3.11. The smallest absolute Gasteiger partial charge is 0.254 e. The number of hydrogen-bond acceptors (Lipinski definition) is 5. The molecule has 0 atom stereocenters. The lowest BCUT2D eigenvalue weighted by atomic mass is 9.95. The largest absolute Gasteiger partial charge is 0.497 e. The predicted octanol–water partition coefficient (Wildman–Crippen LogP) is 3.38. The predicted molar refractivity (Wildman–Crippen MR) is 120 cm³/mol. The van der Waals surface area contributed by atoms with Crippen LogP contribution in [0.25, 0.3) is 5.69 Å². The Morgan fingerprint density at radius 2 is 1.72 bits per heavy atom. The number of nitrogens with zero attached hydrogens (tertiary/aromatic N) is 3. The van der Waals surface area contributed by atoms with E-state index in [1.165, 1.54) is 0 Å². The highest BCUT2D eigenvalue weighted by Gasteiger charge is 2.28. The zero-order chi connectivity index (χ0) is 22.5. The molecule has 0 unspecified atom stereocenters. The molecule has 0 spiro atoms. The van der Waals surface area contributed by atoms with Gasteiger partial charge in [0.15, 0.2) is 0 Å². The molecule has 2 heterocycles. The topological polar surface area (TPSA) is 85.7 Å². The summed E-state index contributed by atoms with van der Waals surface area (Å²) in [5.41, 5.74) is 2.12. The number of benzene rings is 2. The first-order valence-corrected chi connectivity index (χ1v) is 10.5. The van der Waals surface area contributed by atoms with E-state index in [0.29, 0.717) is 43.0 Å². The molecule has 3 aromatic rings. The number of carbonyl (C=O) groups is 2. The monoisotopic (exact) mass is 434 g/mol. The third kappa shape index (κ3) is 4.74. The highest BCUT2D eigenvalue weighted by Crippen LogP contribution is 2.26. The van der Waals surface area contributed by atoms with Crippen molar-refractivity contribution in [2.24, 2.45) is 5.92 Å². The van der Waals surface area contributed by atoms with E-state index in [1.807, 2.05) is 36.5 Å². The molecule has 1 N–H and O–H groups in total. The first-order valence-electron chi connectivity index (χ1n) is 10.5. The van der Waals surface area contributed by atoms with E-state index in [-0.39, 0.29) is 17.7 Å². The van der Waals surface area contributed by atoms with Crippen molar-refractivity contribution in [3.8, 4) is 17.2 Å². The third-order valence-electron chi connectivity index (χ3n) is 5.63. The van der Waals surface area contributed by atoms with Crippen LogP contribution in [0.5, 0.6) is 11.5 Å². The number of nitrogens with one attached hydrogen (secondary N) is 1. The molecular weight excluding hydrogens is 408 g/mol. The van der Waals surface area contributed by atoms with Gasteiger partial charge in [-0.15, -0.1) is 0 Å². The number of methoxy groups -OCH3 is 2. The van der Waals surface area contributed by atoms with Crippen LogP contribution in [0.4, 0.5) is 5.69 Å². The van der Waals surface area contributed by atoms with Crippen molar-refractivity contribution in [1.29, 1.82) is 0 Å². The second kappa shape index (κ2) is 9.55. The fourth-order valence-corrected chi connectivity index (χ4v) is 3.85. The third-order valence-corrected chi connectivity index (χ3v) is 5.63. The van der Waals surface area contributed by atoms with Crippen LogP contribution >= 0.6 is 0 Å². The molecule has 2 amide bonds. The van der Waals surface area contributed by atoms with Crippen LogP contribution in [0.1, 0.15) is 23.2 Å². The van der Waals surface area contributed by atoms with Crippen LogP contribution in [-0.4, -0.2) is 53.8 Å². The summed E-state index contributed by atoms with van der Waals surface area (Å²) in [4.78, 5) is 27.5. The van der Waals surface area contributed by atoms with Crippen LogP contribution in [0.15, 0.2) is 60.9 Å². The van der Waals surface area contributed by atoms with Gasteiger partial charge in [0.25, 0.3) is 5.91 Å². The summed E-state index contributed by atoms with van der Waals surface area (Å²) in [6.07, 6.45) is 4.78. The Bertz CT molecular complexity index is 1070. The summed E-state index contributed by atoms with van der Waals surface area (Å²) in [6.45, 7) is 1.04. The zero-order valence-electron chi connectivity index (χ0n) is 18.2. The molecule has 8 heteroatoms. The molecule has 32 heavy (non-hydrogen) atoms. The SMILES string of the molecule is COc1cc(OC)cc(C(=O)N2CCC(C(=O)Nc3cccc(-n4cccn4)c3)CC2)c1. The van der Waals surface area contributed by atoms with Crippen molar-refractivity contribution >= 4 is 17.5 Å². The summed E-state index contributed by atoms with van der Waals surface area (Å²) in [5, 5.41) is 7.22. The lowest BCUT2D eigenvalue weighted by Gasteiger charge is -2.31. The Labute approximate surface area is 186 Å². The van der Waals surface area contributed by atoms with Crippen LogP contribution in [0.3, 0.4) is 0 Å². The van der Waals surface area contributed by atoms with Gasteiger partial charge >= 0.3 is 0 Å². The van der Waals surface area contributed by atoms with Crippen molar-refractivity contribution in [1.82, 2.24) is 14.7 Å². The Kier molecular flexibility index (Phi) is 6.39. The van der Waals surface area contributed by atoms with Crippen LogP contribution < -0.4 is 14.8 Å². The van der Waals surface area contributed by atoms with Gasteiger partial charge in [-0.2, -0.15) is 5.10 Å². The maximum Gasteiger partial charge on any atom is 0.254 e. The van der Waals surface area contributed by atoms with E-state index >= 15 is 0 Å². The van der Waals surface area contributed by atoms with Crippen molar-refractivity contribution in [2.75, 3.05) is 32.6 Å². The Balaban J connectivity index is 1.36. The van der Waals surface area contributed by atoms with Gasteiger partial charge in [-0.3, -0.25) is 9.59 Å². The summed E-state index contributed by atoms with van der Waals surface area (Å²) in [5.74, 6) is 0.872. The molecule has 2 aromatic carbocycles. The van der Waals surface area contributed by atoms with E-state index in [2.05, 4.69) is 10.4 Å². The molecule has 166 valence electrons. The molecule has 4 rings (SSSR count). The normalized spacial score (nSPS) is 14.1. The van der Waals surface area contributed by atoms with Gasteiger partial charge in [-0.25, -0.2) is 4.68 Å². The number of rotatable bonds is 6. The van der Waals surface area contributed by atoms with Gasteiger partial charge in [0, 0.05) is 48.7 Å². The minimum Gasteiger partial charge on any atom is -0.497 e. The quantitative estimate of drug-likeness (QED) is 0.643. The molecule has 0 bridgehead atoms. The molecular formula is C24H26N4O4. The average molecular weight is 434 g/mol. The lowest BCUT2D eigenvalue weighted by molar-refractivity contribution is -0.121. The van der Waals surface area contributed by atoms with E-state index in [4.69, 9.17) is 9.47 Å². The summed E-state index contributed by atoms with van der Waals surface area (Å²) >= 11 is 0. The fourth-order valence-electron chi connectivity index (χ4n) is 3.85. The lowest BCUT2D eigenvalue weighted by Crippen LogP contribution is -2.41. The number of hydrogen-bond donors (Lipinski definition) is 1. The molecule has 0 saturated carbocycles. The molecule has 1 aliphatic rings. The zero-order valence-corrected chi connectivity index (χ0v) is 18.2. The van der Waals surface area contributed by atoms with Gasteiger partial charge in [0.1, 0.15) is 11.5 Å². The molecule has 8 nitrogen and oxygen atoms in total.